The van der Waals surface area contributed by atoms with E-state index in [0.29, 0.717) is 0 Å². The molecule has 0 bridgehead atoms. The number of hydrogen-bond donors (Lipinski definition) is 1. The van der Waals surface area contributed by atoms with Crippen LogP contribution in [0.5, 0.6) is 0 Å². The monoisotopic (exact) mass is 227 g/mol. The third-order valence-electron chi connectivity index (χ3n) is 4.13. The summed E-state index contributed by atoms with van der Waals surface area (Å²) in [7, 11) is 0. The van der Waals surface area contributed by atoms with E-state index in [9.17, 15) is 9.90 Å². The Morgan fingerprint density at radius 3 is 2.69 bits per heavy atom. The molecule has 1 heterocycles. The van der Waals surface area contributed by atoms with Gasteiger partial charge in [0.25, 0.3) is 0 Å². The summed E-state index contributed by atoms with van der Waals surface area (Å²) < 4.78 is 5.33. The number of hydrogen-bond acceptors (Lipinski definition) is 3. The molecule has 2 unspecified atom stereocenters. The van der Waals surface area contributed by atoms with Gasteiger partial charge in [0.05, 0.1) is 18.6 Å². The molecule has 0 radical (unpaired) electrons. The molecule has 2 fully saturated rings. The van der Waals surface area contributed by atoms with Crippen LogP contribution in [0, 0.1) is 5.41 Å². The zero-order chi connectivity index (χ0) is 11.6. The quantitative estimate of drug-likeness (QED) is 0.773. The first-order valence-corrected chi connectivity index (χ1v) is 6.20. The van der Waals surface area contributed by atoms with Crippen molar-refractivity contribution < 1.29 is 14.6 Å². The van der Waals surface area contributed by atoms with Crippen LogP contribution in [0.25, 0.3) is 0 Å². The summed E-state index contributed by atoms with van der Waals surface area (Å²) in [6.45, 7) is 5.16. The Kier molecular flexibility index (Phi) is 3.50. The second kappa shape index (κ2) is 4.72. The SMILES string of the molecule is CC1(C(=O)O)CCCCC1N1CCOCC1. The topological polar surface area (TPSA) is 49.8 Å². The van der Waals surface area contributed by atoms with Gasteiger partial charge >= 0.3 is 5.97 Å². The summed E-state index contributed by atoms with van der Waals surface area (Å²) in [5.41, 5.74) is -0.560. The van der Waals surface area contributed by atoms with Crippen molar-refractivity contribution in [2.75, 3.05) is 26.3 Å². The summed E-state index contributed by atoms with van der Waals surface area (Å²) in [6.07, 6.45) is 4.03. The number of morpholine rings is 1. The van der Waals surface area contributed by atoms with Crippen molar-refractivity contribution in [1.29, 1.82) is 0 Å². The summed E-state index contributed by atoms with van der Waals surface area (Å²) in [5.74, 6) is -0.635. The van der Waals surface area contributed by atoms with E-state index in [1.807, 2.05) is 6.92 Å². The Labute approximate surface area is 96.6 Å². The molecular weight excluding hydrogens is 206 g/mol. The minimum Gasteiger partial charge on any atom is -0.481 e. The Hall–Kier alpha value is -0.610. The van der Waals surface area contributed by atoms with Crippen LogP contribution in [0.1, 0.15) is 32.6 Å². The van der Waals surface area contributed by atoms with Crippen molar-refractivity contribution in [3.8, 4) is 0 Å². The van der Waals surface area contributed by atoms with Crippen molar-refractivity contribution in [2.24, 2.45) is 5.41 Å². The number of aliphatic carboxylic acids is 1. The van der Waals surface area contributed by atoms with Crippen LogP contribution in [-0.4, -0.2) is 48.3 Å². The smallest absolute Gasteiger partial charge is 0.310 e. The first kappa shape index (κ1) is 11.9. The number of rotatable bonds is 2. The molecule has 0 aromatic rings. The fourth-order valence-corrected chi connectivity index (χ4v) is 3.04. The first-order valence-electron chi connectivity index (χ1n) is 6.20. The van der Waals surface area contributed by atoms with Crippen LogP contribution >= 0.6 is 0 Å². The normalized spacial score (nSPS) is 37.2. The second-order valence-electron chi connectivity index (χ2n) is 5.13. The lowest BCUT2D eigenvalue weighted by atomic mass is 9.71. The van der Waals surface area contributed by atoms with Crippen LogP contribution < -0.4 is 0 Å². The van der Waals surface area contributed by atoms with Gasteiger partial charge in [-0.05, 0) is 19.8 Å². The molecule has 2 aliphatic rings. The Morgan fingerprint density at radius 2 is 2.06 bits per heavy atom. The van der Waals surface area contributed by atoms with Gasteiger partial charge in [0.15, 0.2) is 0 Å². The predicted molar refractivity (Wildman–Crippen MR) is 60.4 cm³/mol. The van der Waals surface area contributed by atoms with Crippen LogP contribution in [0.2, 0.25) is 0 Å². The molecule has 0 amide bonds. The first-order chi connectivity index (χ1) is 7.64. The number of carbonyl (C=O) groups is 1. The van der Waals surface area contributed by atoms with E-state index < -0.39 is 11.4 Å². The van der Waals surface area contributed by atoms with Gasteiger partial charge in [-0.25, -0.2) is 0 Å². The molecule has 1 saturated carbocycles. The van der Waals surface area contributed by atoms with Gasteiger partial charge in [-0.2, -0.15) is 0 Å². The third-order valence-corrected chi connectivity index (χ3v) is 4.13. The Bertz CT molecular complexity index is 263. The number of ether oxygens (including phenoxy) is 1. The highest BCUT2D eigenvalue weighted by Gasteiger charge is 2.45. The van der Waals surface area contributed by atoms with Gasteiger partial charge in [-0.15, -0.1) is 0 Å². The van der Waals surface area contributed by atoms with Crippen LogP contribution in [-0.2, 0) is 9.53 Å². The largest absolute Gasteiger partial charge is 0.481 e. The average Bonchev–Trinajstić information content (AvgIpc) is 2.30. The molecule has 2 atom stereocenters. The minimum atomic E-state index is -0.635. The fraction of sp³-hybridized carbons (Fsp3) is 0.917. The number of nitrogens with zero attached hydrogens (tertiary/aromatic N) is 1. The molecule has 0 aromatic heterocycles. The summed E-state index contributed by atoms with van der Waals surface area (Å²) in [4.78, 5) is 13.8. The van der Waals surface area contributed by atoms with Crippen LogP contribution in [0.3, 0.4) is 0 Å². The zero-order valence-corrected chi connectivity index (χ0v) is 9.95. The maximum atomic E-state index is 11.5. The molecule has 1 aliphatic carbocycles. The standard InChI is InChI=1S/C12H21NO3/c1-12(11(14)15)5-3-2-4-10(12)13-6-8-16-9-7-13/h10H,2-9H2,1H3,(H,14,15). The molecular formula is C12H21NO3. The second-order valence-corrected chi connectivity index (χ2v) is 5.13. The van der Waals surface area contributed by atoms with Crippen LogP contribution in [0.15, 0.2) is 0 Å². The van der Waals surface area contributed by atoms with Gasteiger partial charge in [-0.3, -0.25) is 9.69 Å². The van der Waals surface area contributed by atoms with Gasteiger partial charge < -0.3 is 9.84 Å². The molecule has 1 aliphatic heterocycles. The Balaban J connectivity index is 2.12. The van der Waals surface area contributed by atoms with E-state index in [4.69, 9.17) is 4.74 Å². The maximum Gasteiger partial charge on any atom is 0.310 e. The third kappa shape index (κ3) is 2.09. The lowest BCUT2D eigenvalue weighted by molar-refractivity contribution is -0.156. The van der Waals surface area contributed by atoms with Gasteiger partial charge in [0.2, 0.25) is 0 Å². The van der Waals surface area contributed by atoms with E-state index in [-0.39, 0.29) is 6.04 Å². The summed E-state index contributed by atoms with van der Waals surface area (Å²) >= 11 is 0. The molecule has 1 saturated heterocycles. The lowest BCUT2D eigenvalue weighted by Gasteiger charge is -2.45. The average molecular weight is 227 g/mol. The molecule has 4 nitrogen and oxygen atoms in total. The molecule has 1 N–H and O–H groups in total. The highest BCUT2D eigenvalue weighted by atomic mass is 16.5. The highest BCUT2D eigenvalue weighted by Crippen LogP contribution is 2.39. The molecule has 0 aromatic carbocycles. The highest BCUT2D eigenvalue weighted by molar-refractivity contribution is 5.75. The van der Waals surface area contributed by atoms with Crippen molar-refractivity contribution in [1.82, 2.24) is 4.90 Å². The number of carboxylic acid groups (broad SMARTS) is 1. The molecule has 0 spiro atoms. The summed E-state index contributed by atoms with van der Waals surface area (Å²) in [5, 5.41) is 9.44. The van der Waals surface area contributed by atoms with E-state index in [1.165, 1.54) is 0 Å². The van der Waals surface area contributed by atoms with E-state index in [0.717, 1.165) is 52.0 Å². The molecule has 16 heavy (non-hydrogen) atoms. The summed E-state index contributed by atoms with van der Waals surface area (Å²) in [6, 6.07) is 0.197. The number of carboxylic acids is 1. The van der Waals surface area contributed by atoms with Crippen LogP contribution in [0.4, 0.5) is 0 Å². The predicted octanol–water partition coefficient (Wildman–Crippen LogP) is 1.35. The van der Waals surface area contributed by atoms with Gasteiger partial charge in [-0.1, -0.05) is 12.8 Å². The maximum absolute atomic E-state index is 11.5. The van der Waals surface area contributed by atoms with Crippen molar-refractivity contribution in [2.45, 2.75) is 38.6 Å². The fourth-order valence-electron chi connectivity index (χ4n) is 3.04. The Morgan fingerprint density at radius 1 is 1.38 bits per heavy atom. The van der Waals surface area contributed by atoms with Crippen molar-refractivity contribution in [3.05, 3.63) is 0 Å². The van der Waals surface area contributed by atoms with Gasteiger partial charge in [0, 0.05) is 19.1 Å². The minimum absolute atomic E-state index is 0.197. The van der Waals surface area contributed by atoms with E-state index in [2.05, 4.69) is 4.90 Å². The van der Waals surface area contributed by atoms with Crippen molar-refractivity contribution in [3.63, 3.8) is 0 Å². The molecule has 92 valence electrons. The van der Waals surface area contributed by atoms with Crippen molar-refractivity contribution >= 4 is 5.97 Å². The lowest BCUT2D eigenvalue weighted by Crippen LogP contribution is -2.55. The molecule has 4 heteroatoms. The zero-order valence-electron chi connectivity index (χ0n) is 9.95. The molecule has 2 rings (SSSR count). The van der Waals surface area contributed by atoms with E-state index >= 15 is 0 Å². The van der Waals surface area contributed by atoms with E-state index in [1.54, 1.807) is 0 Å². The van der Waals surface area contributed by atoms with Gasteiger partial charge in [0.1, 0.15) is 0 Å².